The number of hydrogen-bond acceptors (Lipinski definition) is 5. The fourth-order valence-electron chi connectivity index (χ4n) is 4.25. The van der Waals surface area contributed by atoms with Crippen LogP contribution < -0.4 is 20.9 Å². The van der Waals surface area contributed by atoms with Crippen molar-refractivity contribution < 1.29 is 14.3 Å². The maximum Gasteiger partial charge on any atom is 0.278 e. The van der Waals surface area contributed by atoms with Crippen LogP contribution in [0.3, 0.4) is 0 Å². The van der Waals surface area contributed by atoms with Gasteiger partial charge in [0.15, 0.2) is 0 Å². The van der Waals surface area contributed by atoms with E-state index in [0.717, 1.165) is 5.56 Å². The summed E-state index contributed by atoms with van der Waals surface area (Å²) in [6.07, 6.45) is 0.668. The molecule has 190 valence electrons. The number of para-hydroxylation sites is 2. The largest absolute Gasteiger partial charge is 0.497 e. The number of ether oxygens (including phenoxy) is 1. The second-order valence-electron chi connectivity index (χ2n) is 8.72. The van der Waals surface area contributed by atoms with Crippen molar-refractivity contribution in [2.24, 2.45) is 0 Å². The topological polar surface area (TPSA) is 102 Å². The number of methoxy groups -OCH3 is 1. The van der Waals surface area contributed by atoms with Gasteiger partial charge in [-0.05, 0) is 49.7 Å². The predicted molar refractivity (Wildman–Crippen MR) is 146 cm³/mol. The number of amides is 2. The van der Waals surface area contributed by atoms with E-state index in [4.69, 9.17) is 9.72 Å². The Balaban J connectivity index is 1.88. The van der Waals surface area contributed by atoms with Gasteiger partial charge in [0, 0.05) is 23.7 Å². The summed E-state index contributed by atoms with van der Waals surface area (Å²) in [5.74, 6) is 0.111. The molecular formula is C29H30N4O4. The number of aromatic nitrogens is 2. The summed E-state index contributed by atoms with van der Waals surface area (Å²) >= 11 is 0. The minimum atomic E-state index is -0.802. The van der Waals surface area contributed by atoms with Crippen molar-refractivity contribution in [1.82, 2.24) is 9.55 Å². The maximum absolute atomic E-state index is 14.0. The summed E-state index contributed by atoms with van der Waals surface area (Å²) in [7, 11) is 1.56. The molecule has 1 unspecified atom stereocenters. The Hall–Kier alpha value is -4.46. The van der Waals surface area contributed by atoms with Crippen LogP contribution in [0, 0.1) is 6.92 Å². The molecule has 0 fully saturated rings. The van der Waals surface area contributed by atoms with Gasteiger partial charge in [-0.2, -0.15) is 0 Å². The van der Waals surface area contributed by atoms with Gasteiger partial charge in [-0.15, -0.1) is 0 Å². The molecule has 37 heavy (non-hydrogen) atoms. The van der Waals surface area contributed by atoms with Crippen LogP contribution in [0.25, 0.3) is 22.3 Å². The highest BCUT2D eigenvalue weighted by molar-refractivity contribution is 5.97. The zero-order valence-electron chi connectivity index (χ0n) is 21.4. The summed E-state index contributed by atoms with van der Waals surface area (Å²) in [6, 6.07) is 19.0. The minimum Gasteiger partial charge on any atom is -0.497 e. The van der Waals surface area contributed by atoms with Crippen molar-refractivity contribution in [3.63, 3.8) is 0 Å². The molecule has 1 heterocycles. The molecule has 2 amide bonds. The highest BCUT2D eigenvalue weighted by atomic mass is 16.5. The Morgan fingerprint density at radius 2 is 1.78 bits per heavy atom. The van der Waals surface area contributed by atoms with E-state index in [0.29, 0.717) is 46.6 Å². The van der Waals surface area contributed by atoms with E-state index in [1.54, 1.807) is 50.4 Å². The number of anilines is 2. The van der Waals surface area contributed by atoms with Gasteiger partial charge in [0.2, 0.25) is 11.8 Å². The monoisotopic (exact) mass is 498 g/mol. The second-order valence-corrected chi connectivity index (χ2v) is 8.72. The van der Waals surface area contributed by atoms with E-state index in [2.05, 4.69) is 10.6 Å². The first-order valence-electron chi connectivity index (χ1n) is 12.2. The Labute approximate surface area is 215 Å². The van der Waals surface area contributed by atoms with Crippen molar-refractivity contribution >= 4 is 34.2 Å². The quantitative estimate of drug-likeness (QED) is 0.342. The van der Waals surface area contributed by atoms with E-state index in [1.807, 2.05) is 44.2 Å². The number of nitrogens with zero attached hydrogens (tertiary/aromatic N) is 2. The molecule has 0 bridgehead atoms. The standard InChI is InChI=1S/C29H30N4O4/c1-5-24(28(35)30-19-10-9-11-20(17-19)37-4)33-25-13-8-7-12-23(25)32-27(29(33)36)21-16-18(3)14-15-22(21)31-26(34)6-2/h7-17,24H,5-6H2,1-4H3,(H,30,35)(H,31,34). The lowest BCUT2D eigenvalue weighted by Gasteiger charge is -2.22. The van der Waals surface area contributed by atoms with Crippen LogP contribution in [0.4, 0.5) is 11.4 Å². The zero-order valence-corrected chi connectivity index (χ0v) is 21.4. The normalized spacial score (nSPS) is 11.7. The fraction of sp³-hybridized carbons (Fsp3) is 0.241. The Bertz CT molecular complexity index is 1530. The first-order chi connectivity index (χ1) is 17.9. The highest BCUT2D eigenvalue weighted by Crippen LogP contribution is 2.29. The SMILES string of the molecule is CCC(=O)Nc1ccc(C)cc1-c1nc2ccccc2n(C(CC)C(=O)Nc2cccc(OC)c2)c1=O. The number of fused-ring (bicyclic) bond motifs is 1. The lowest BCUT2D eigenvalue weighted by molar-refractivity contribution is -0.119. The number of aryl methyl sites for hydroxylation is 1. The number of nitrogens with one attached hydrogen (secondary N) is 2. The number of carbonyl (C=O) groups excluding carboxylic acids is 2. The third-order valence-corrected chi connectivity index (χ3v) is 6.16. The third kappa shape index (κ3) is 5.38. The number of benzene rings is 3. The van der Waals surface area contributed by atoms with Gasteiger partial charge in [-0.3, -0.25) is 19.0 Å². The molecule has 2 N–H and O–H groups in total. The molecule has 1 aromatic heterocycles. The van der Waals surface area contributed by atoms with Crippen molar-refractivity contribution in [3.8, 4) is 17.0 Å². The van der Waals surface area contributed by atoms with E-state index >= 15 is 0 Å². The Kier molecular flexibility index (Phi) is 7.67. The second kappa shape index (κ2) is 11.1. The van der Waals surface area contributed by atoms with Gasteiger partial charge >= 0.3 is 0 Å². The van der Waals surface area contributed by atoms with Gasteiger partial charge in [0.25, 0.3) is 5.56 Å². The molecule has 0 radical (unpaired) electrons. The van der Waals surface area contributed by atoms with Crippen LogP contribution in [0.1, 0.15) is 38.3 Å². The average molecular weight is 499 g/mol. The van der Waals surface area contributed by atoms with Gasteiger partial charge < -0.3 is 15.4 Å². The van der Waals surface area contributed by atoms with Crippen molar-refractivity contribution in [1.29, 1.82) is 0 Å². The van der Waals surface area contributed by atoms with Crippen LogP contribution in [-0.4, -0.2) is 28.5 Å². The van der Waals surface area contributed by atoms with Crippen LogP contribution in [-0.2, 0) is 9.59 Å². The molecule has 0 aliphatic carbocycles. The van der Waals surface area contributed by atoms with Crippen LogP contribution in [0.2, 0.25) is 0 Å². The lowest BCUT2D eigenvalue weighted by Crippen LogP contribution is -2.34. The smallest absolute Gasteiger partial charge is 0.278 e. The van der Waals surface area contributed by atoms with Crippen molar-refractivity contribution in [2.45, 2.75) is 39.7 Å². The molecule has 4 rings (SSSR count). The van der Waals surface area contributed by atoms with Crippen molar-refractivity contribution in [2.75, 3.05) is 17.7 Å². The lowest BCUT2D eigenvalue weighted by atomic mass is 10.0. The van der Waals surface area contributed by atoms with E-state index in [9.17, 15) is 14.4 Å². The molecule has 0 aliphatic heterocycles. The maximum atomic E-state index is 14.0. The summed E-state index contributed by atoms with van der Waals surface area (Å²) in [6.45, 7) is 5.53. The summed E-state index contributed by atoms with van der Waals surface area (Å²) in [5, 5.41) is 5.79. The number of hydrogen-bond donors (Lipinski definition) is 2. The van der Waals surface area contributed by atoms with Crippen molar-refractivity contribution in [3.05, 3.63) is 82.6 Å². The van der Waals surface area contributed by atoms with Gasteiger partial charge in [0.1, 0.15) is 17.5 Å². The minimum absolute atomic E-state index is 0.168. The molecule has 8 heteroatoms. The van der Waals surface area contributed by atoms with Gasteiger partial charge in [-0.1, -0.05) is 43.7 Å². The first-order valence-corrected chi connectivity index (χ1v) is 12.2. The molecule has 0 saturated carbocycles. The van der Waals surface area contributed by atoms with E-state index in [1.165, 1.54) is 4.57 Å². The summed E-state index contributed by atoms with van der Waals surface area (Å²) < 4.78 is 6.76. The highest BCUT2D eigenvalue weighted by Gasteiger charge is 2.25. The van der Waals surface area contributed by atoms with Gasteiger partial charge in [0.05, 0.1) is 23.8 Å². The van der Waals surface area contributed by atoms with E-state index < -0.39 is 11.6 Å². The first kappa shape index (κ1) is 25.6. The fourth-order valence-corrected chi connectivity index (χ4v) is 4.25. The zero-order chi connectivity index (χ0) is 26.5. The molecule has 4 aromatic rings. The average Bonchev–Trinajstić information content (AvgIpc) is 2.91. The molecule has 0 saturated heterocycles. The van der Waals surface area contributed by atoms with Crippen LogP contribution >= 0.6 is 0 Å². The van der Waals surface area contributed by atoms with Crippen LogP contribution in [0.5, 0.6) is 5.75 Å². The van der Waals surface area contributed by atoms with E-state index in [-0.39, 0.29) is 17.5 Å². The number of carbonyl (C=O) groups is 2. The Morgan fingerprint density at radius 1 is 1.00 bits per heavy atom. The molecule has 0 spiro atoms. The predicted octanol–water partition coefficient (Wildman–Crippen LogP) is 5.32. The summed E-state index contributed by atoms with van der Waals surface area (Å²) in [4.78, 5) is 44.4. The molecule has 1 atom stereocenters. The summed E-state index contributed by atoms with van der Waals surface area (Å²) in [5.41, 5.74) is 3.36. The molecule has 8 nitrogen and oxygen atoms in total. The molecular weight excluding hydrogens is 468 g/mol. The third-order valence-electron chi connectivity index (χ3n) is 6.16. The molecule has 3 aromatic carbocycles. The Morgan fingerprint density at radius 3 is 2.51 bits per heavy atom. The van der Waals surface area contributed by atoms with Gasteiger partial charge in [-0.25, -0.2) is 4.98 Å². The molecule has 0 aliphatic rings. The van der Waals surface area contributed by atoms with Crippen LogP contribution in [0.15, 0.2) is 71.5 Å². The number of rotatable bonds is 8.